The highest BCUT2D eigenvalue weighted by Crippen LogP contribution is 2.06. The van der Waals surface area contributed by atoms with E-state index in [1.54, 1.807) is 18.0 Å². The van der Waals surface area contributed by atoms with E-state index in [-0.39, 0.29) is 0 Å². The summed E-state index contributed by atoms with van der Waals surface area (Å²) in [5.41, 5.74) is 0. The van der Waals surface area contributed by atoms with E-state index in [1.807, 2.05) is 12.3 Å². The number of nitrogens with zero attached hydrogens (tertiary/aromatic N) is 2. The van der Waals surface area contributed by atoms with Gasteiger partial charge in [0.1, 0.15) is 11.6 Å². The Morgan fingerprint density at radius 2 is 2.42 bits per heavy atom. The Bertz CT molecular complexity index is 218. The summed E-state index contributed by atoms with van der Waals surface area (Å²) in [4.78, 5) is 8.45. The van der Waals surface area contributed by atoms with Crippen molar-refractivity contribution in [1.82, 2.24) is 9.97 Å². The van der Waals surface area contributed by atoms with Gasteiger partial charge in [-0.15, -0.1) is 0 Å². The van der Waals surface area contributed by atoms with Crippen molar-refractivity contribution in [1.29, 1.82) is 0 Å². The minimum absolute atomic E-state index is 0.874. The summed E-state index contributed by atoms with van der Waals surface area (Å²) < 4.78 is 0. The zero-order valence-electron chi connectivity index (χ0n) is 7.37. The van der Waals surface area contributed by atoms with Crippen molar-refractivity contribution in [3.8, 4) is 0 Å². The Morgan fingerprint density at radius 3 is 3.08 bits per heavy atom. The maximum atomic E-state index is 4.31. The minimum Gasteiger partial charge on any atom is -0.370 e. The Hall–Kier alpha value is -0.770. The summed E-state index contributed by atoms with van der Waals surface area (Å²) in [5, 5.41) is 3.15. The minimum atomic E-state index is 0.874. The van der Waals surface area contributed by atoms with Gasteiger partial charge < -0.3 is 5.32 Å². The molecule has 0 atom stereocenters. The molecule has 66 valence electrons. The van der Waals surface area contributed by atoms with Gasteiger partial charge in [0.05, 0.1) is 5.75 Å². The molecule has 1 N–H and O–H groups in total. The molecule has 0 saturated heterocycles. The van der Waals surface area contributed by atoms with Gasteiger partial charge in [-0.25, -0.2) is 9.97 Å². The lowest BCUT2D eigenvalue weighted by Gasteiger charge is -2.02. The van der Waals surface area contributed by atoms with Crippen molar-refractivity contribution >= 4 is 17.6 Å². The molecule has 0 aliphatic heterocycles. The molecule has 0 spiro atoms. The molecule has 12 heavy (non-hydrogen) atoms. The van der Waals surface area contributed by atoms with Gasteiger partial charge in [-0.1, -0.05) is 0 Å². The van der Waals surface area contributed by atoms with E-state index in [2.05, 4.69) is 22.2 Å². The highest BCUT2D eigenvalue weighted by atomic mass is 32.2. The van der Waals surface area contributed by atoms with Crippen LogP contribution in [0.5, 0.6) is 0 Å². The number of anilines is 1. The van der Waals surface area contributed by atoms with Crippen molar-refractivity contribution in [3.05, 3.63) is 18.1 Å². The first-order valence-electron chi connectivity index (χ1n) is 3.91. The van der Waals surface area contributed by atoms with E-state index < -0.39 is 0 Å². The number of hydrogen-bond donors (Lipinski definition) is 1. The summed E-state index contributed by atoms with van der Waals surface area (Å²) in [6.45, 7) is 2.95. The molecule has 1 aromatic rings. The predicted octanol–water partition coefficient (Wildman–Crippen LogP) is 1.77. The normalized spacial score (nSPS) is 9.83. The molecular formula is C8H13N3S. The number of nitrogens with one attached hydrogen (secondary N) is 1. The van der Waals surface area contributed by atoms with Crippen LogP contribution in [0, 0.1) is 0 Å². The lowest BCUT2D eigenvalue weighted by Crippen LogP contribution is -2.01. The van der Waals surface area contributed by atoms with Crippen molar-refractivity contribution in [2.45, 2.75) is 12.7 Å². The summed E-state index contributed by atoms with van der Waals surface area (Å²) in [6, 6.07) is 1.88. The smallest absolute Gasteiger partial charge is 0.140 e. The van der Waals surface area contributed by atoms with Gasteiger partial charge in [0.15, 0.2) is 0 Å². The van der Waals surface area contributed by atoms with Crippen molar-refractivity contribution in [2.24, 2.45) is 0 Å². The third-order valence-corrected chi connectivity index (χ3v) is 1.88. The first-order valence-corrected chi connectivity index (χ1v) is 5.31. The molecule has 4 heteroatoms. The van der Waals surface area contributed by atoms with Crippen LogP contribution in [-0.4, -0.2) is 22.8 Å². The average molecular weight is 183 g/mol. The summed E-state index contributed by atoms with van der Waals surface area (Å²) in [5.74, 6) is 2.68. The Balaban J connectivity index is 2.67. The molecule has 0 saturated carbocycles. The van der Waals surface area contributed by atoms with E-state index in [4.69, 9.17) is 0 Å². The molecule has 0 bridgehead atoms. The summed E-state index contributed by atoms with van der Waals surface area (Å²) in [6.07, 6.45) is 3.83. The van der Waals surface area contributed by atoms with E-state index in [1.165, 1.54) is 0 Å². The van der Waals surface area contributed by atoms with Crippen molar-refractivity contribution < 1.29 is 0 Å². The van der Waals surface area contributed by atoms with Crippen LogP contribution >= 0.6 is 11.8 Å². The Kier molecular flexibility index (Phi) is 3.87. The second-order valence-corrected chi connectivity index (χ2v) is 3.19. The van der Waals surface area contributed by atoms with Gasteiger partial charge >= 0.3 is 0 Å². The van der Waals surface area contributed by atoms with Gasteiger partial charge in [0.25, 0.3) is 0 Å². The number of thioether (sulfide) groups is 1. The fourth-order valence-electron chi connectivity index (χ4n) is 0.877. The summed E-state index contributed by atoms with van der Waals surface area (Å²) in [7, 11) is 0. The molecule has 0 fully saturated rings. The topological polar surface area (TPSA) is 37.8 Å². The van der Waals surface area contributed by atoms with Crippen molar-refractivity contribution in [3.63, 3.8) is 0 Å². The van der Waals surface area contributed by atoms with E-state index >= 15 is 0 Å². The molecule has 0 aromatic carbocycles. The quantitative estimate of drug-likeness (QED) is 0.772. The second kappa shape index (κ2) is 4.98. The van der Waals surface area contributed by atoms with Gasteiger partial charge in [0, 0.05) is 12.7 Å². The van der Waals surface area contributed by atoms with Crippen LogP contribution in [0.2, 0.25) is 0 Å². The molecule has 1 aromatic heterocycles. The molecule has 1 rings (SSSR count). The predicted molar refractivity (Wildman–Crippen MR) is 53.4 cm³/mol. The van der Waals surface area contributed by atoms with Crippen LogP contribution in [0.15, 0.2) is 12.3 Å². The zero-order chi connectivity index (χ0) is 8.81. The zero-order valence-corrected chi connectivity index (χ0v) is 8.19. The fourth-order valence-corrected chi connectivity index (χ4v) is 1.27. The average Bonchev–Trinajstić information content (AvgIpc) is 2.06. The van der Waals surface area contributed by atoms with Crippen molar-refractivity contribution in [2.75, 3.05) is 18.1 Å². The summed E-state index contributed by atoms with van der Waals surface area (Å²) >= 11 is 1.73. The largest absolute Gasteiger partial charge is 0.370 e. The molecule has 0 radical (unpaired) electrons. The van der Waals surface area contributed by atoms with E-state index in [0.29, 0.717) is 0 Å². The Morgan fingerprint density at radius 1 is 1.58 bits per heavy atom. The molecule has 0 aliphatic carbocycles. The van der Waals surface area contributed by atoms with Gasteiger partial charge in [-0.05, 0) is 19.2 Å². The van der Waals surface area contributed by atoms with Crippen LogP contribution in [0.1, 0.15) is 12.7 Å². The molecule has 3 nitrogen and oxygen atoms in total. The standard InChI is InChI=1S/C8H13N3S/c1-3-9-7-4-5-10-8(11-7)6-12-2/h4-5H,3,6H2,1-2H3,(H,9,10,11). The molecule has 0 unspecified atom stereocenters. The highest BCUT2D eigenvalue weighted by molar-refractivity contribution is 7.97. The lowest BCUT2D eigenvalue weighted by molar-refractivity contribution is 1.02. The van der Waals surface area contributed by atoms with Crippen LogP contribution in [0.3, 0.4) is 0 Å². The van der Waals surface area contributed by atoms with E-state index in [9.17, 15) is 0 Å². The molecular weight excluding hydrogens is 170 g/mol. The maximum Gasteiger partial charge on any atom is 0.140 e. The van der Waals surface area contributed by atoms with Gasteiger partial charge in [0.2, 0.25) is 0 Å². The number of aromatic nitrogens is 2. The first-order chi connectivity index (χ1) is 5.86. The van der Waals surface area contributed by atoms with Crippen LogP contribution in [0.4, 0.5) is 5.82 Å². The molecule has 1 heterocycles. The fraction of sp³-hybridized carbons (Fsp3) is 0.500. The second-order valence-electron chi connectivity index (χ2n) is 2.32. The Labute approximate surface area is 77.0 Å². The van der Waals surface area contributed by atoms with Crippen LogP contribution < -0.4 is 5.32 Å². The third kappa shape index (κ3) is 2.70. The SMILES string of the molecule is CCNc1ccnc(CSC)n1. The van der Waals surface area contributed by atoms with Gasteiger partial charge in [-0.3, -0.25) is 0 Å². The van der Waals surface area contributed by atoms with Crippen LogP contribution in [0.25, 0.3) is 0 Å². The van der Waals surface area contributed by atoms with Crippen LogP contribution in [-0.2, 0) is 5.75 Å². The lowest BCUT2D eigenvalue weighted by atomic mass is 10.5. The number of hydrogen-bond acceptors (Lipinski definition) is 4. The third-order valence-electron chi connectivity index (χ3n) is 1.34. The number of rotatable bonds is 4. The maximum absolute atomic E-state index is 4.31. The molecule has 0 amide bonds. The highest BCUT2D eigenvalue weighted by Gasteiger charge is 1.95. The van der Waals surface area contributed by atoms with Gasteiger partial charge in [-0.2, -0.15) is 11.8 Å². The molecule has 0 aliphatic rings. The monoisotopic (exact) mass is 183 g/mol. The first kappa shape index (κ1) is 9.32. The van der Waals surface area contributed by atoms with E-state index in [0.717, 1.165) is 23.9 Å².